The van der Waals surface area contributed by atoms with Gasteiger partial charge in [0.05, 0.1) is 5.92 Å². The van der Waals surface area contributed by atoms with E-state index in [1.165, 1.54) is 12.1 Å². The number of phenolic OH excluding ortho intramolecular Hbond substituents is 2. The Morgan fingerprint density at radius 3 is 2.42 bits per heavy atom. The van der Waals surface area contributed by atoms with E-state index in [1.807, 2.05) is 0 Å². The van der Waals surface area contributed by atoms with Crippen LogP contribution in [0.5, 0.6) is 11.5 Å². The normalized spacial score (nSPS) is 23.2. The van der Waals surface area contributed by atoms with Gasteiger partial charge in [0.1, 0.15) is 0 Å². The standard InChI is InChI=1S/C14H19NO4/c16-12-6-1-9(7-13(12)17)8-15-11-4-2-10(3-5-11)14(18)19/h1,6-7,10-11,15-17H,2-5,8H2,(H,18,19). The molecule has 0 radical (unpaired) electrons. The van der Waals surface area contributed by atoms with Crippen molar-refractivity contribution in [1.82, 2.24) is 5.32 Å². The van der Waals surface area contributed by atoms with E-state index in [1.54, 1.807) is 6.07 Å². The molecule has 1 aliphatic rings. The van der Waals surface area contributed by atoms with Crippen LogP contribution in [0.2, 0.25) is 0 Å². The lowest BCUT2D eigenvalue weighted by atomic mass is 9.86. The fraction of sp³-hybridized carbons (Fsp3) is 0.500. The molecule has 1 aromatic rings. The van der Waals surface area contributed by atoms with Crippen LogP contribution in [0.3, 0.4) is 0 Å². The van der Waals surface area contributed by atoms with Gasteiger partial charge in [0.15, 0.2) is 11.5 Å². The molecule has 1 aromatic carbocycles. The smallest absolute Gasteiger partial charge is 0.306 e. The molecule has 0 amide bonds. The highest BCUT2D eigenvalue weighted by Crippen LogP contribution is 2.26. The Bertz CT molecular complexity index is 453. The number of phenols is 2. The summed E-state index contributed by atoms with van der Waals surface area (Å²) >= 11 is 0. The summed E-state index contributed by atoms with van der Waals surface area (Å²) in [5, 5.41) is 30.9. The molecule has 1 saturated carbocycles. The third kappa shape index (κ3) is 3.61. The van der Waals surface area contributed by atoms with Gasteiger partial charge in [0.2, 0.25) is 0 Å². The molecular weight excluding hydrogens is 246 g/mol. The van der Waals surface area contributed by atoms with Crippen LogP contribution in [0, 0.1) is 5.92 Å². The van der Waals surface area contributed by atoms with Gasteiger partial charge in [0.25, 0.3) is 0 Å². The highest BCUT2D eigenvalue weighted by molar-refractivity contribution is 5.70. The van der Waals surface area contributed by atoms with Crippen molar-refractivity contribution >= 4 is 5.97 Å². The number of hydrogen-bond donors (Lipinski definition) is 4. The molecule has 0 heterocycles. The van der Waals surface area contributed by atoms with Crippen LogP contribution in [0.4, 0.5) is 0 Å². The molecule has 104 valence electrons. The van der Waals surface area contributed by atoms with Gasteiger partial charge >= 0.3 is 5.97 Å². The van der Waals surface area contributed by atoms with E-state index in [9.17, 15) is 15.0 Å². The Labute approximate surface area is 111 Å². The van der Waals surface area contributed by atoms with Crippen molar-refractivity contribution < 1.29 is 20.1 Å². The summed E-state index contributed by atoms with van der Waals surface area (Å²) in [5.74, 6) is -1.13. The van der Waals surface area contributed by atoms with Gasteiger partial charge in [-0.05, 0) is 43.4 Å². The maximum atomic E-state index is 10.8. The minimum absolute atomic E-state index is 0.117. The molecular formula is C14H19NO4. The Balaban J connectivity index is 1.80. The Morgan fingerprint density at radius 1 is 1.16 bits per heavy atom. The lowest BCUT2D eigenvalue weighted by Gasteiger charge is -2.27. The van der Waals surface area contributed by atoms with E-state index < -0.39 is 5.97 Å². The van der Waals surface area contributed by atoms with Crippen LogP contribution in [0.1, 0.15) is 31.2 Å². The summed E-state index contributed by atoms with van der Waals surface area (Å²) in [5.41, 5.74) is 0.899. The molecule has 0 aliphatic heterocycles. The lowest BCUT2D eigenvalue weighted by Crippen LogP contribution is -2.34. The van der Waals surface area contributed by atoms with Gasteiger partial charge < -0.3 is 20.6 Å². The number of carboxylic acids is 1. The summed E-state index contributed by atoms with van der Waals surface area (Å²) in [6, 6.07) is 5.08. The Hall–Kier alpha value is -1.75. The molecule has 5 nitrogen and oxygen atoms in total. The van der Waals surface area contributed by atoms with Crippen molar-refractivity contribution in [2.75, 3.05) is 0 Å². The second-order valence-corrected chi connectivity index (χ2v) is 5.09. The highest BCUT2D eigenvalue weighted by atomic mass is 16.4. The fourth-order valence-electron chi connectivity index (χ4n) is 2.49. The molecule has 0 aromatic heterocycles. The van der Waals surface area contributed by atoms with E-state index >= 15 is 0 Å². The number of benzene rings is 1. The molecule has 5 heteroatoms. The third-order valence-corrected chi connectivity index (χ3v) is 3.71. The fourth-order valence-corrected chi connectivity index (χ4v) is 2.49. The zero-order chi connectivity index (χ0) is 13.8. The van der Waals surface area contributed by atoms with Gasteiger partial charge in [-0.3, -0.25) is 4.79 Å². The third-order valence-electron chi connectivity index (χ3n) is 3.71. The zero-order valence-electron chi connectivity index (χ0n) is 10.7. The molecule has 4 N–H and O–H groups in total. The first-order chi connectivity index (χ1) is 9.06. The van der Waals surface area contributed by atoms with Crippen LogP contribution < -0.4 is 5.32 Å². The minimum atomic E-state index is -0.693. The van der Waals surface area contributed by atoms with Crippen LogP contribution >= 0.6 is 0 Å². The van der Waals surface area contributed by atoms with E-state index in [4.69, 9.17) is 5.11 Å². The van der Waals surface area contributed by atoms with Crippen LogP contribution in [-0.2, 0) is 11.3 Å². The number of nitrogens with one attached hydrogen (secondary N) is 1. The van der Waals surface area contributed by atoms with Gasteiger partial charge in [-0.2, -0.15) is 0 Å². The number of carbonyl (C=O) groups is 1. The van der Waals surface area contributed by atoms with Crippen molar-refractivity contribution in [3.05, 3.63) is 23.8 Å². The van der Waals surface area contributed by atoms with E-state index in [0.29, 0.717) is 25.4 Å². The van der Waals surface area contributed by atoms with Crippen molar-refractivity contribution in [2.45, 2.75) is 38.3 Å². The van der Waals surface area contributed by atoms with Gasteiger partial charge in [0, 0.05) is 12.6 Å². The highest BCUT2D eigenvalue weighted by Gasteiger charge is 2.25. The number of carboxylic acid groups (broad SMARTS) is 1. The Kier molecular flexibility index (Phi) is 4.27. The van der Waals surface area contributed by atoms with Crippen molar-refractivity contribution in [3.63, 3.8) is 0 Å². The summed E-state index contributed by atoms with van der Waals surface area (Å²) in [4.78, 5) is 10.8. The molecule has 0 atom stereocenters. The Morgan fingerprint density at radius 2 is 1.84 bits per heavy atom. The maximum Gasteiger partial charge on any atom is 0.306 e. The predicted octanol–water partition coefficient (Wildman–Crippen LogP) is 1.83. The number of aromatic hydroxyl groups is 2. The first-order valence-electron chi connectivity index (χ1n) is 6.53. The average Bonchev–Trinajstić information content (AvgIpc) is 2.40. The first-order valence-corrected chi connectivity index (χ1v) is 6.53. The van der Waals surface area contributed by atoms with Crippen molar-refractivity contribution in [1.29, 1.82) is 0 Å². The van der Waals surface area contributed by atoms with E-state index in [0.717, 1.165) is 18.4 Å². The second kappa shape index (κ2) is 5.93. The van der Waals surface area contributed by atoms with Gasteiger partial charge in [-0.1, -0.05) is 6.07 Å². The number of rotatable bonds is 4. The van der Waals surface area contributed by atoms with E-state index in [-0.39, 0.29) is 17.4 Å². The summed E-state index contributed by atoms with van der Waals surface area (Å²) in [6.45, 7) is 0.607. The number of aliphatic carboxylic acids is 1. The average molecular weight is 265 g/mol. The quantitative estimate of drug-likeness (QED) is 0.624. The van der Waals surface area contributed by atoms with Gasteiger partial charge in [-0.25, -0.2) is 0 Å². The topological polar surface area (TPSA) is 89.8 Å². The molecule has 1 aliphatic carbocycles. The maximum absolute atomic E-state index is 10.8. The SMILES string of the molecule is O=C(O)C1CCC(NCc2ccc(O)c(O)c2)CC1. The summed E-state index contributed by atoms with van der Waals surface area (Å²) < 4.78 is 0. The van der Waals surface area contributed by atoms with Gasteiger partial charge in [-0.15, -0.1) is 0 Å². The molecule has 0 saturated heterocycles. The van der Waals surface area contributed by atoms with E-state index in [2.05, 4.69) is 5.32 Å². The van der Waals surface area contributed by atoms with Crippen molar-refractivity contribution in [2.24, 2.45) is 5.92 Å². The van der Waals surface area contributed by atoms with Crippen LogP contribution in [0.15, 0.2) is 18.2 Å². The monoisotopic (exact) mass is 265 g/mol. The second-order valence-electron chi connectivity index (χ2n) is 5.09. The molecule has 0 unspecified atom stereocenters. The number of hydrogen-bond acceptors (Lipinski definition) is 4. The molecule has 2 rings (SSSR count). The molecule has 0 bridgehead atoms. The van der Waals surface area contributed by atoms with Crippen LogP contribution in [-0.4, -0.2) is 27.3 Å². The zero-order valence-corrected chi connectivity index (χ0v) is 10.7. The molecule has 19 heavy (non-hydrogen) atoms. The largest absolute Gasteiger partial charge is 0.504 e. The predicted molar refractivity (Wildman–Crippen MR) is 70.0 cm³/mol. The lowest BCUT2D eigenvalue weighted by molar-refractivity contribution is -0.142. The molecule has 0 spiro atoms. The molecule has 1 fully saturated rings. The summed E-state index contributed by atoms with van der Waals surface area (Å²) in [7, 11) is 0. The van der Waals surface area contributed by atoms with Crippen LogP contribution in [0.25, 0.3) is 0 Å². The van der Waals surface area contributed by atoms with Crippen molar-refractivity contribution in [3.8, 4) is 11.5 Å². The minimum Gasteiger partial charge on any atom is -0.504 e. The summed E-state index contributed by atoms with van der Waals surface area (Å²) in [6.07, 6.45) is 3.16. The first kappa shape index (κ1) is 13.7.